The van der Waals surface area contributed by atoms with Crippen molar-refractivity contribution in [1.82, 2.24) is 5.32 Å². The van der Waals surface area contributed by atoms with Crippen LogP contribution in [0.1, 0.15) is 71.1 Å². The zero-order chi connectivity index (χ0) is 13.1. The summed E-state index contributed by atoms with van der Waals surface area (Å²) in [5.41, 5.74) is 5.85. The fourth-order valence-electron chi connectivity index (χ4n) is 2.70. The van der Waals surface area contributed by atoms with E-state index in [1.165, 1.54) is 64.2 Å². The predicted octanol–water partition coefficient (Wildman–Crippen LogP) is 3.76. The van der Waals surface area contributed by atoms with Gasteiger partial charge < -0.3 is 11.1 Å². The molecule has 18 heavy (non-hydrogen) atoms. The summed E-state index contributed by atoms with van der Waals surface area (Å²) in [6, 6.07) is 1.19. The molecule has 1 rings (SSSR count). The van der Waals surface area contributed by atoms with Crippen molar-refractivity contribution >= 4 is 0 Å². The molecule has 1 aliphatic carbocycles. The van der Waals surface area contributed by atoms with Crippen LogP contribution < -0.4 is 11.1 Å². The molecular formula is C16H32N2. The first-order chi connectivity index (χ1) is 8.86. The molecule has 0 saturated heterocycles. The van der Waals surface area contributed by atoms with Crippen LogP contribution in [0.5, 0.6) is 0 Å². The Hall–Kier alpha value is -0.340. The summed E-state index contributed by atoms with van der Waals surface area (Å²) >= 11 is 0. The van der Waals surface area contributed by atoms with Crippen molar-refractivity contribution < 1.29 is 0 Å². The number of unbranched alkanes of at least 4 members (excludes halogenated alkanes) is 6. The third-order valence-corrected chi connectivity index (χ3v) is 3.92. The van der Waals surface area contributed by atoms with Crippen LogP contribution in [0.2, 0.25) is 0 Å². The molecule has 0 aromatic rings. The lowest BCUT2D eigenvalue weighted by atomic mass is 10.0. The molecule has 0 bridgehead atoms. The summed E-state index contributed by atoms with van der Waals surface area (Å²) in [5, 5.41) is 3.69. The Kier molecular flexibility index (Phi) is 9.23. The molecule has 0 aromatic heterocycles. The molecule has 0 heterocycles. The maximum Gasteiger partial charge on any atom is 0.0193 e. The Labute approximate surface area is 113 Å². The molecule has 0 saturated carbocycles. The van der Waals surface area contributed by atoms with Gasteiger partial charge in [-0.1, -0.05) is 64.0 Å². The zero-order valence-corrected chi connectivity index (χ0v) is 12.2. The number of rotatable bonds is 11. The number of nitrogens with one attached hydrogen (secondary N) is 1. The summed E-state index contributed by atoms with van der Waals surface area (Å²) in [6.07, 6.45) is 17.9. The Balaban J connectivity index is 1.94. The molecule has 1 atom stereocenters. The monoisotopic (exact) mass is 252 g/mol. The van der Waals surface area contributed by atoms with Gasteiger partial charge in [-0.2, -0.15) is 0 Å². The van der Waals surface area contributed by atoms with E-state index in [1.807, 2.05) is 0 Å². The van der Waals surface area contributed by atoms with Crippen LogP contribution in [0.4, 0.5) is 0 Å². The van der Waals surface area contributed by atoms with E-state index in [2.05, 4.69) is 24.4 Å². The number of nitrogens with two attached hydrogens (primary N) is 1. The molecule has 0 amide bonds. The molecule has 106 valence electrons. The third kappa shape index (κ3) is 7.17. The summed E-state index contributed by atoms with van der Waals surface area (Å²) in [6.45, 7) is 3.06. The maximum atomic E-state index is 5.85. The van der Waals surface area contributed by atoms with Gasteiger partial charge in [-0.25, -0.2) is 0 Å². The summed E-state index contributed by atoms with van der Waals surface area (Å²) in [5.74, 6) is 0. The van der Waals surface area contributed by atoms with Gasteiger partial charge >= 0.3 is 0 Å². The molecule has 1 aliphatic rings. The van der Waals surface area contributed by atoms with Crippen molar-refractivity contribution in [3.63, 3.8) is 0 Å². The van der Waals surface area contributed by atoms with E-state index in [4.69, 9.17) is 5.73 Å². The highest BCUT2D eigenvalue weighted by Gasteiger charge is 2.14. The van der Waals surface area contributed by atoms with Gasteiger partial charge in [0.25, 0.3) is 0 Å². The normalized spacial score (nSPS) is 17.4. The van der Waals surface area contributed by atoms with Gasteiger partial charge in [-0.05, 0) is 19.3 Å². The van der Waals surface area contributed by atoms with Crippen LogP contribution in [-0.2, 0) is 0 Å². The molecular weight excluding hydrogens is 220 g/mol. The van der Waals surface area contributed by atoms with Crippen LogP contribution in [0, 0.1) is 0 Å². The molecule has 0 fully saturated rings. The van der Waals surface area contributed by atoms with Crippen LogP contribution in [0.3, 0.4) is 0 Å². The molecule has 0 aliphatic heterocycles. The number of hydrogen-bond donors (Lipinski definition) is 2. The molecule has 2 heteroatoms. The van der Waals surface area contributed by atoms with Crippen LogP contribution in [0.15, 0.2) is 12.2 Å². The van der Waals surface area contributed by atoms with Gasteiger partial charge in [0.05, 0.1) is 0 Å². The standard InChI is InChI=1S/C16H32N2/c1-2-3-4-5-6-7-8-13-16(14-17)18-15-11-9-10-12-15/h9-10,15-16,18H,2-8,11-14,17H2,1H3. The Morgan fingerprint density at radius 1 is 1.06 bits per heavy atom. The Bertz CT molecular complexity index is 205. The van der Waals surface area contributed by atoms with Gasteiger partial charge in [0.15, 0.2) is 0 Å². The van der Waals surface area contributed by atoms with Crippen molar-refractivity contribution in [3.05, 3.63) is 12.2 Å². The molecule has 2 nitrogen and oxygen atoms in total. The highest BCUT2D eigenvalue weighted by molar-refractivity contribution is 4.98. The van der Waals surface area contributed by atoms with Gasteiger partial charge in [0.2, 0.25) is 0 Å². The molecule has 3 N–H and O–H groups in total. The lowest BCUT2D eigenvalue weighted by Crippen LogP contribution is -2.41. The minimum Gasteiger partial charge on any atom is -0.329 e. The third-order valence-electron chi connectivity index (χ3n) is 3.92. The quantitative estimate of drug-likeness (QED) is 0.434. The van der Waals surface area contributed by atoms with Crippen molar-refractivity contribution in [2.75, 3.05) is 6.54 Å². The zero-order valence-electron chi connectivity index (χ0n) is 12.2. The highest BCUT2D eigenvalue weighted by Crippen LogP contribution is 2.13. The summed E-state index contributed by atoms with van der Waals surface area (Å²) in [4.78, 5) is 0. The van der Waals surface area contributed by atoms with Crippen molar-refractivity contribution in [2.24, 2.45) is 5.73 Å². The van der Waals surface area contributed by atoms with Crippen molar-refractivity contribution in [2.45, 2.75) is 83.2 Å². The molecule has 0 spiro atoms. The van der Waals surface area contributed by atoms with E-state index in [9.17, 15) is 0 Å². The minimum absolute atomic E-state index is 0.533. The van der Waals surface area contributed by atoms with Gasteiger partial charge in [-0.15, -0.1) is 0 Å². The Morgan fingerprint density at radius 2 is 1.67 bits per heavy atom. The van der Waals surface area contributed by atoms with Crippen molar-refractivity contribution in [1.29, 1.82) is 0 Å². The molecule has 0 radical (unpaired) electrons. The topological polar surface area (TPSA) is 38.0 Å². The second kappa shape index (κ2) is 10.6. The molecule has 1 unspecified atom stereocenters. The Morgan fingerprint density at radius 3 is 2.28 bits per heavy atom. The first kappa shape index (κ1) is 15.7. The first-order valence-electron chi connectivity index (χ1n) is 7.98. The van der Waals surface area contributed by atoms with Crippen LogP contribution in [-0.4, -0.2) is 18.6 Å². The van der Waals surface area contributed by atoms with E-state index < -0.39 is 0 Å². The van der Waals surface area contributed by atoms with E-state index in [1.54, 1.807) is 0 Å². The van der Waals surface area contributed by atoms with Gasteiger partial charge in [0, 0.05) is 18.6 Å². The lowest BCUT2D eigenvalue weighted by Gasteiger charge is -2.21. The largest absolute Gasteiger partial charge is 0.329 e. The smallest absolute Gasteiger partial charge is 0.0193 e. The van der Waals surface area contributed by atoms with E-state index in [-0.39, 0.29) is 0 Å². The van der Waals surface area contributed by atoms with Crippen LogP contribution >= 0.6 is 0 Å². The summed E-state index contributed by atoms with van der Waals surface area (Å²) < 4.78 is 0. The number of hydrogen-bond acceptors (Lipinski definition) is 2. The summed E-state index contributed by atoms with van der Waals surface area (Å²) in [7, 11) is 0. The maximum absolute atomic E-state index is 5.85. The fourth-order valence-corrected chi connectivity index (χ4v) is 2.70. The van der Waals surface area contributed by atoms with Gasteiger partial charge in [-0.3, -0.25) is 0 Å². The van der Waals surface area contributed by atoms with E-state index in [0.717, 1.165) is 6.54 Å². The second-order valence-electron chi connectivity index (χ2n) is 5.65. The average molecular weight is 252 g/mol. The predicted molar refractivity (Wildman–Crippen MR) is 80.8 cm³/mol. The van der Waals surface area contributed by atoms with E-state index >= 15 is 0 Å². The van der Waals surface area contributed by atoms with Crippen LogP contribution in [0.25, 0.3) is 0 Å². The second-order valence-corrected chi connectivity index (χ2v) is 5.65. The lowest BCUT2D eigenvalue weighted by molar-refractivity contribution is 0.406. The molecule has 0 aromatic carbocycles. The van der Waals surface area contributed by atoms with Crippen molar-refractivity contribution in [3.8, 4) is 0 Å². The minimum atomic E-state index is 0.533. The van der Waals surface area contributed by atoms with Gasteiger partial charge in [0.1, 0.15) is 0 Å². The first-order valence-corrected chi connectivity index (χ1v) is 7.98. The van der Waals surface area contributed by atoms with E-state index in [0.29, 0.717) is 12.1 Å². The highest BCUT2D eigenvalue weighted by atomic mass is 15.0. The fraction of sp³-hybridized carbons (Fsp3) is 0.875. The SMILES string of the molecule is CCCCCCCCCC(CN)NC1CC=CC1. The average Bonchev–Trinajstić information content (AvgIpc) is 2.89.